The minimum Gasteiger partial charge on any atom is -0.377 e. The number of hydrogen-bond acceptors (Lipinski definition) is 1. The zero-order valence-electron chi connectivity index (χ0n) is 2.86. The zero-order chi connectivity index (χ0) is 4.12. The van der Waals surface area contributed by atoms with Gasteiger partial charge in [0.1, 0.15) is 6.61 Å². The Bertz CT molecular complexity index is 14.4. The molecule has 0 atom stereocenters. The van der Waals surface area contributed by atoms with Gasteiger partial charge in [-0.2, -0.15) is 0 Å². The lowest BCUT2D eigenvalue weighted by atomic mass is 10.9. The molecule has 0 fully saturated rings. The van der Waals surface area contributed by atoms with Crippen LogP contribution in [0.3, 0.4) is 0 Å². The maximum atomic E-state index is 4.45. The first-order chi connectivity index (χ1) is 2.41. The summed E-state index contributed by atoms with van der Waals surface area (Å²) in [5, 5.41) is 0. The SMILES string of the molecule is CO[CH][C]I. The molecule has 1 nitrogen and oxygen atoms in total. The summed E-state index contributed by atoms with van der Waals surface area (Å²) in [6.07, 6.45) is 0. The molecule has 0 N–H and O–H groups in total. The van der Waals surface area contributed by atoms with Crippen LogP contribution in [0.5, 0.6) is 0 Å². The van der Waals surface area contributed by atoms with E-state index in [1.54, 1.807) is 7.11 Å². The highest BCUT2D eigenvalue weighted by molar-refractivity contribution is 14.1. The van der Waals surface area contributed by atoms with Crippen molar-refractivity contribution in [1.82, 2.24) is 0 Å². The molecule has 0 aromatic heterocycles. The van der Waals surface area contributed by atoms with Crippen LogP contribution in [0.1, 0.15) is 0 Å². The monoisotopic (exact) mass is 183 g/mol. The summed E-state index contributed by atoms with van der Waals surface area (Å²) in [5.74, 6) is 0. The van der Waals surface area contributed by atoms with Crippen molar-refractivity contribution in [3.8, 4) is 0 Å². The van der Waals surface area contributed by atoms with Gasteiger partial charge < -0.3 is 4.74 Å². The van der Waals surface area contributed by atoms with Crippen molar-refractivity contribution in [2.24, 2.45) is 0 Å². The van der Waals surface area contributed by atoms with Crippen molar-refractivity contribution in [2.45, 2.75) is 0 Å². The van der Waals surface area contributed by atoms with Gasteiger partial charge in [-0.25, -0.2) is 0 Å². The highest BCUT2D eigenvalue weighted by Crippen LogP contribution is 1.91. The van der Waals surface area contributed by atoms with Crippen molar-refractivity contribution in [2.75, 3.05) is 7.11 Å². The van der Waals surface area contributed by atoms with Crippen LogP contribution >= 0.6 is 22.6 Å². The molecule has 0 saturated heterocycles. The predicted octanol–water partition coefficient (Wildman–Crippen LogP) is 1.27. The molecular weight excluding hydrogens is 179 g/mol. The van der Waals surface area contributed by atoms with Crippen molar-refractivity contribution in [1.29, 1.82) is 0 Å². The van der Waals surface area contributed by atoms with E-state index in [-0.39, 0.29) is 0 Å². The average molecular weight is 183 g/mol. The topological polar surface area (TPSA) is 9.23 Å². The molecule has 5 heavy (non-hydrogen) atoms. The summed E-state index contributed by atoms with van der Waals surface area (Å²) in [4.78, 5) is 0. The fourth-order valence-electron chi connectivity index (χ4n) is 0.0445. The fraction of sp³-hybridized carbons (Fsp3) is 0.333. The second kappa shape index (κ2) is 4.69. The zero-order valence-corrected chi connectivity index (χ0v) is 5.02. The van der Waals surface area contributed by atoms with Gasteiger partial charge in [-0.1, -0.05) is 22.6 Å². The first-order valence-corrected chi connectivity index (χ1v) is 2.20. The fourth-order valence-corrected chi connectivity index (χ4v) is 0.299. The molecule has 0 saturated carbocycles. The molecular formula is C3H4IO. The maximum absolute atomic E-state index is 4.45. The molecule has 0 aromatic carbocycles. The molecule has 2 heteroatoms. The first kappa shape index (κ1) is 5.69. The molecule has 0 aliphatic rings. The van der Waals surface area contributed by atoms with Crippen LogP contribution in [0.25, 0.3) is 0 Å². The van der Waals surface area contributed by atoms with E-state index >= 15 is 0 Å². The van der Waals surface area contributed by atoms with Gasteiger partial charge in [0.15, 0.2) is 0 Å². The van der Waals surface area contributed by atoms with E-state index < -0.39 is 0 Å². The molecule has 0 amide bonds. The summed E-state index contributed by atoms with van der Waals surface area (Å²) in [6, 6.07) is 0. The molecule has 3 radical (unpaired) electrons. The summed E-state index contributed by atoms with van der Waals surface area (Å²) in [7, 11) is 1.59. The molecule has 29 valence electrons. The highest BCUT2D eigenvalue weighted by atomic mass is 127. The highest BCUT2D eigenvalue weighted by Gasteiger charge is 1.71. The van der Waals surface area contributed by atoms with Crippen molar-refractivity contribution in [3.05, 3.63) is 11.0 Å². The predicted molar refractivity (Wildman–Crippen MR) is 28.6 cm³/mol. The van der Waals surface area contributed by atoms with Crippen molar-refractivity contribution < 1.29 is 4.74 Å². The summed E-state index contributed by atoms with van der Waals surface area (Å²) in [5.41, 5.74) is 0. The van der Waals surface area contributed by atoms with Gasteiger partial charge in [-0.3, -0.25) is 0 Å². The lowest BCUT2D eigenvalue weighted by Gasteiger charge is -1.80. The van der Waals surface area contributed by atoms with Gasteiger partial charge >= 0.3 is 0 Å². The Morgan fingerprint density at radius 1 is 2.00 bits per heavy atom. The lowest BCUT2D eigenvalue weighted by molar-refractivity contribution is 0.294. The second-order valence-electron chi connectivity index (χ2n) is 0.463. The van der Waals surface area contributed by atoms with E-state index in [0.717, 1.165) is 0 Å². The van der Waals surface area contributed by atoms with E-state index in [0.29, 0.717) is 0 Å². The van der Waals surface area contributed by atoms with E-state index in [1.165, 1.54) is 6.61 Å². The van der Waals surface area contributed by atoms with Gasteiger partial charge in [0.2, 0.25) is 0 Å². The third-order valence-corrected chi connectivity index (χ3v) is 0.417. The Kier molecular flexibility index (Phi) is 5.34. The number of hydrogen-bond donors (Lipinski definition) is 0. The maximum Gasteiger partial charge on any atom is 0.102 e. The average Bonchev–Trinajstić information content (AvgIpc) is 1.41. The van der Waals surface area contributed by atoms with Crippen LogP contribution < -0.4 is 0 Å². The van der Waals surface area contributed by atoms with Gasteiger partial charge in [0, 0.05) is 7.11 Å². The van der Waals surface area contributed by atoms with E-state index in [1.807, 2.05) is 22.6 Å². The Morgan fingerprint density at radius 2 is 2.60 bits per heavy atom. The van der Waals surface area contributed by atoms with E-state index in [4.69, 9.17) is 0 Å². The third-order valence-electron chi connectivity index (χ3n) is 0.162. The molecule has 0 aromatic rings. The van der Waals surface area contributed by atoms with E-state index in [9.17, 15) is 0 Å². The first-order valence-electron chi connectivity index (χ1n) is 1.12. The van der Waals surface area contributed by atoms with Crippen LogP contribution in [0.2, 0.25) is 0 Å². The Labute approximate surface area is 45.8 Å². The Morgan fingerprint density at radius 3 is 2.60 bits per heavy atom. The van der Waals surface area contributed by atoms with Gasteiger partial charge in [-0.05, 0) is 0 Å². The number of methoxy groups -OCH3 is 1. The molecule has 0 unspecified atom stereocenters. The summed E-state index contributed by atoms with van der Waals surface area (Å²) in [6.45, 7) is 1.49. The number of rotatable bonds is 2. The Balaban J connectivity index is 2.19. The molecule has 0 spiro atoms. The minimum absolute atomic E-state index is 1.49. The van der Waals surface area contributed by atoms with Crippen LogP contribution in [-0.2, 0) is 4.74 Å². The Hall–Kier alpha value is 0.690. The smallest absolute Gasteiger partial charge is 0.102 e. The van der Waals surface area contributed by atoms with Gasteiger partial charge in [0.05, 0.1) is 4.43 Å². The van der Waals surface area contributed by atoms with Crippen LogP contribution in [0.4, 0.5) is 0 Å². The molecule has 0 bridgehead atoms. The molecule has 0 rings (SSSR count). The van der Waals surface area contributed by atoms with Gasteiger partial charge in [0.25, 0.3) is 0 Å². The van der Waals surface area contributed by atoms with Crippen LogP contribution in [-0.4, -0.2) is 7.11 Å². The largest absolute Gasteiger partial charge is 0.377 e. The number of ether oxygens (including phenoxy) is 1. The van der Waals surface area contributed by atoms with Crippen LogP contribution in [0.15, 0.2) is 0 Å². The van der Waals surface area contributed by atoms with Crippen LogP contribution in [0, 0.1) is 11.0 Å². The minimum atomic E-state index is 1.49. The summed E-state index contributed by atoms with van der Waals surface area (Å²) < 4.78 is 7.09. The molecule has 0 aliphatic heterocycles. The number of halogens is 1. The summed E-state index contributed by atoms with van der Waals surface area (Å²) >= 11 is 1.96. The lowest BCUT2D eigenvalue weighted by Crippen LogP contribution is -1.69. The van der Waals surface area contributed by atoms with Crippen molar-refractivity contribution in [3.63, 3.8) is 0 Å². The molecule has 0 heterocycles. The second-order valence-corrected chi connectivity index (χ2v) is 1.09. The van der Waals surface area contributed by atoms with E-state index in [2.05, 4.69) is 9.16 Å². The van der Waals surface area contributed by atoms with Crippen molar-refractivity contribution >= 4 is 22.6 Å². The third kappa shape index (κ3) is 4.69. The molecule has 0 aliphatic carbocycles. The normalized spacial score (nSPS) is 8.40. The standard InChI is InChI=1S/C3H4IO/c1-5-3-2-4/h3H,1H3. The quantitative estimate of drug-likeness (QED) is 0.585. The van der Waals surface area contributed by atoms with Gasteiger partial charge in [-0.15, -0.1) is 0 Å².